The van der Waals surface area contributed by atoms with Gasteiger partial charge in [-0.25, -0.2) is 4.79 Å². The summed E-state index contributed by atoms with van der Waals surface area (Å²) in [5.74, 6) is -0.0307. The quantitative estimate of drug-likeness (QED) is 0.895. The van der Waals surface area contributed by atoms with Crippen molar-refractivity contribution >= 4 is 29.1 Å². The van der Waals surface area contributed by atoms with Crippen molar-refractivity contribution in [3.63, 3.8) is 0 Å². The van der Waals surface area contributed by atoms with Crippen LogP contribution < -0.4 is 15.1 Å². The zero-order valence-corrected chi connectivity index (χ0v) is 16.2. The molecule has 27 heavy (non-hydrogen) atoms. The van der Waals surface area contributed by atoms with Gasteiger partial charge in [0.15, 0.2) is 0 Å². The third-order valence-corrected chi connectivity index (χ3v) is 4.65. The zero-order chi connectivity index (χ0) is 19.6. The highest BCUT2D eigenvalue weighted by atomic mass is 16.6. The smallest absolute Gasteiger partial charge is 0.411 e. The van der Waals surface area contributed by atoms with Crippen molar-refractivity contribution in [2.45, 2.75) is 26.4 Å². The number of hydrogen-bond acceptors (Lipinski definition) is 4. The number of nitrogens with one attached hydrogen (secondary N) is 1. The lowest BCUT2D eigenvalue weighted by Crippen LogP contribution is -2.28. The zero-order valence-electron chi connectivity index (χ0n) is 16.2. The maximum absolute atomic E-state index is 12.4. The van der Waals surface area contributed by atoms with E-state index in [9.17, 15) is 9.59 Å². The van der Waals surface area contributed by atoms with Crippen LogP contribution in [0.4, 0.5) is 21.9 Å². The number of amides is 2. The number of anilines is 3. The molecule has 2 aromatic carbocycles. The van der Waals surface area contributed by atoms with E-state index in [1.807, 2.05) is 75.3 Å². The van der Waals surface area contributed by atoms with E-state index in [0.717, 1.165) is 22.5 Å². The number of aryl methyl sites for hydroxylation is 2. The van der Waals surface area contributed by atoms with Crippen LogP contribution in [0.5, 0.6) is 0 Å². The molecule has 1 saturated heterocycles. The largest absolute Gasteiger partial charge is 0.444 e. The maximum Gasteiger partial charge on any atom is 0.411 e. The molecule has 6 nitrogen and oxygen atoms in total. The summed E-state index contributed by atoms with van der Waals surface area (Å²) in [6, 6.07) is 13.5. The number of rotatable bonds is 4. The molecule has 0 saturated carbocycles. The molecule has 142 valence electrons. The van der Waals surface area contributed by atoms with E-state index in [0.29, 0.717) is 12.2 Å². The predicted octanol–water partition coefficient (Wildman–Crippen LogP) is 3.72. The van der Waals surface area contributed by atoms with E-state index in [2.05, 4.69) is 5.32 Å². The van der Waals surface area contributed by atoms with E-state index >= 15 is 0 Å². The van der Waals surface area contributed by atoms with E-state index < -0.39 is 12.2 Å². The SMILES string of the molecule is Cc1ccc(C)c(N2CC(OC(=O)Nc3ccc(N(C)C)cc3)CC2=O)c1. The summed E-state index contributed by atoms with van der Waals surface area (Å²) >= 11 is 0. The Balaban J connectivity index is 1.60. The maximum atomic E-state index is 12.4. The van der Waals surface area contributed by atoms with Gasteiger partial charge in [-0.15, -0.1) is 0 Å². The molecule has 2 amide bonds. The first-order chi connectivity index (χ1) is 12.8. The molecule has 6 heteroatoms. The molecule has 1 atom stereocenters. The second-order valence-electron chi connectivity index (χ2n) is 7.09. The fourth-order valence-electron chi connectivity index (χ4n) is 3.14. The van der Waals surface area contributed by atoms with Crippen LogP contribution in [-0.2, 0) is 9.53 Å². The minimum atomic E-state index is -0.548. The minimum absolute atomic E-state index is 0.0307. The molecule has 1 fully saturated rings. The van der Waals surface area contributed by atoms with Gasteiger partial charge >= 0.3 is 6.09 Å². The van der Waals surface area contributed by atoms with Crippen molar-refractivity contribution in [2.75, 3.05) is 35.8 Å². The summed E-state index contributed by atoms with van der Waals surface area (Å²) in [6.45, 7) is 4.34. The van der Waals surface area contributed by atoms with Crippen molar-refractivity contribution < 1.29 is 14.3 Å². The Labute approximate surface area is 159 Å². The van der Waals surface area contributed by atoms with Gasteiger partial charge < -0.3 is 14.5 Å². The molecule has 0 bridgehead atoms. The van der Waals surface area contributed by atoms with Gasteiger partial charge in [-0.05, 0) is 55.3 Å². The number of ether oxygens (including phenoxy) is 1. The second kappa shape index (κ2) is 7.70. The third kappa shape index (κ3) is 4.39. The van der Waals surface area contributed by atoms with Crippen molar-refractivity contribution in [3.8, 4) is 0 Å². The van der Waals surface area contributed by atoms with Gasteiger partial charge in [0.1, 0.15) is 6.10 Å². The Morgan fingerprint density at radius 3 is 2.52 bits per heavy atom. The number of nitrogens with zero attached hydrogens (tertiary/aromatic N) is 2. The van der Waals surface area contributed by atoms with Gasteiger partial charge in [-0.1, -0.05) is 12.1 Å². The Morgan fingerprint density at radius 2 is 1.85 bits per heavy atom. The molecule has 1 unspecified atom stereocenters. The monoisotopic (exact) mass is 367 g/mol. The number of benzene rings is 2. The highest BCUT2D eigenvalue weighted by molar-refractivity contribution is 5.97. The van der Waals surface area contributed by atoms with Crippen molar-refractivity contribution in [1.82, 2.24) is 0 Å². The topological polar surface area (TPSA) is 61.9 Å². The Morgan fingerprint density at radius 1 is 1.15 bits per heavy atom. The van der Waals surface area contributed by atoms with Gasteiger partial charge in [0.05, 0.1) is 13.0 Å². The van der Waals surface area contributed by atoms with Crippen LogP contribution in [-0.4, -0.2) is 38.7 Å². The molecule has 1 aliphatic heterocycles. The standard InChI is InChI=1S/C21H25N3O3/c1-14-5-6-15(2)19(11-14)24-13-18(12-20(24)25)27-21(26)22-16-7-9-17(10-8-16)23(3)4/h5-11,18H,12-13H2,1-4H3,(H,22,26). The average Bonchev–Trinajstić information content (AvgIpc) is 2.97. The predicted molar refractivity (Wildman–Crippen MR) is 108 cm³/mol. The molecule has 0 aliphatic carbocycles. The molecule has 1 N–H and O–H groups in total. The number of carbonyl (C=O) groups is 2. The van der Waals surface area contributed by atoms with Crippen LogP contribution in [0.25, 0.3) is 0 Å². The van der Waals surface area contributed by atoms with E-state index in [-0.39, 0.29) is 12.3 Å². The van der Waals surface area contributed by atoms with Crippen molar-refractivity contribution in [3.05, 3.63) is 53.6 Å². The highest BCUT2D eigenvalue weighted by Gasteiger charge is 2.33. The van der Waals surface area contributed by atoms with Crippen LogP contribution in [0.1, 0.15) is 17.5 Å². The molecular formula is C21H25N3O3. The number of carbonyl (C=O) groups excluding carboxylic acids is 2. The van der Waals surface area contributed by atoms with Gasteiger partial charge in [0.2, 0.25) is 5.91 Å². The van der Waals surface area contributed by atoms with Crippen LogP contribution in [0.15, 0.2) is 42.5 Å². The molecule has 0 radical (unpaired) electrons. The van der Waals surface area contributed by atoms with Crippen LogP contribution in [0, 0.1) is 13.8 Å². The van der Waals surface area contributed by atoms with Crippen LogP contribution >= 0.6 is 0 Å². The van der Waals surface area contributed by atoms with Crippen molar-refractivity contribution in [1.29, 1.82) is 0 Å². The summed E-state index contributed by atoms with van der Waals surface area (Å²) < 4.78 is 5.46. The molecule has 0 aromatic heterocycles. The second-order valence-corrected chi connectivity index (χ2v) is 7.09. The molecule has 1 aliphatic rings. The normalized spacial score (nSPS) is 16.4. The van der Waals surface area contributed by atoms with E-state index in [4.69, 9.17) is 4.74 Å². The Hall–Kier alpha value is -3.02. The first kappa shape index (κ1) is 18.8. The first-order valence-electron chi connectivity index (χ1n) is 8.96. The van der Waals surface area contributed by atoms with Crippen molar-refractivity contribution in [2.24, 2.45) is 0 Å². The third-order valence-electron chi connectivity index (χ3n) is 4.65. The fraction of sp³-hybridized carbons (Fsp3) is 0.333. The molecular weight excluding hydrogens is 342 g/mol. The van der Waals surface area contributed by atoms with Crippen LogP contribution in [0.3, 0.4) is 0 Å². The average molecular weight is 367 g/mol. The van der Waals surface area contributed by atoms with Gasteiger partial charge in [0.25, 0.3) is 0 Å². The van der Waals surface area contributed by atoms with E-state index in [1.54, 1.807) is 4.90 Å². The minimum Gasteiger partial charge on any atom is -0.444 e. The van der Waals surface area contributed by atoms with Gasteiger partial charge in [0, 0.05) is 31.2 Å². The van der Waals surface area contributed by atoms with E-state index in [1.165, 1.54) is 0 Å². The van der Waals surface area contributed by atoms with Gasteiger partial charge in [-0.2, -0.15) is 0 Å². The summed E-state index contributed by atoms with van der Waals surface area (Å²) in [6.07, 6.45) is -0.813. The number of hydrogen-bond donors (Lipinski definition) is 1. The lowest BCUT2D eigenvalue weighted by atomic mass is 10.1. The Kier molecular flexibility index (Phi) is 5.35. The highest BCUT2D eigenvalue weighted by Crippen LogP contribution is 2.27. The molecule has 0 spiro atoms. The summed E-state index contributed by atoms with van der Waals surface area (Å²) in [5, 5.41) is 2.72. The molecule has 2 aromatic rings. The van der Waals surface area contributed by atoms with Gasteiger partial charge in [-0.3, -0.25) is 10.1 Å². The summed E-state index contributed by atoms with van der Waals surface area (Å²) in [7, 11) is 3.91. The fourth-order valence-corrected chi connectivity index (χ4v) is 3.14. The lowest BCUT2D eigenvalue weighted by molar-refractivity contribution is -0.117. The summed E-state index contributed by atoms with van der Waals surface area (Å²) in [4.78, 5) is 28.3. The molecule has 1 heterocycles. The van der Waals surface area contributed by atoms with Crippen LogP contribution in [0.2, 0.25) is 0 Å². The first-order valence-corrected chi connectivity index (χ1v) is 8.96. The summed E-state index contributed by atoms with van der Waals surface area (Å²) in [5.41, 5.74) is 4.69. The lowest BCUT2D eigenvalue weighted by Gasteiger charge is -2.19. The molecule has 3 rings (SSSR count). The Bertz CT molecular complexity index is 846.